The summed E-state index contributed by atoms with van der Waals surface area (Å²) < 4.78 is 10.2. The number of hydrogen-bond acceptors (Lipinski definition) is 9. The lowest BCUT2D eigenvalue weighted by atomic mass is 10.0. The van der Waals surface area contributed by atoms with Gasteiger partial charge in [0.05, 0.1) is 0 Å². The highest BCUT2D eigenvalue weighted by Crippen LogP contribution is 2.42. The first-order chi connectivity index (χ1) is 12.7. The number of carboxylic acids is 1. The number of aliphatic carboxylic acids is 1. The van der Waals surface area contributed by atoms with Gasteiger partial charge < -0.3 is 25.6 Å². The van der Waals surface area contributed by atoms with Crippen LogP contribution in [0.3, 0.4) is 0 Å². The number of methoxy groups -OCH3 is 1. The zero-order valence-electron chi connectivity index (χ0n) is 15.0. The van der Waals surface area contributed by atoms with Crippen molar-refractivity contribution < 1.29 is 33.8 Å². The molecule has 0 aliphatic carbocycles. The van der Waals surface area contributed by atoms with Gasteiger partial charge in [-0.25, -0.2) is 4.79 Å². The summed E-state index contributed by atoms with van der Waals surface area (Å²) in [6.45, 7) is 2.96. The van der Waals surface area contributed by atoms with Crippen LogP contribution in [0.15, 0.2) is 11.3 Å². The van der Waals surface area contributed by atoms with E-state index in [4.69, 9.17) is 15.2 Å². The lowest BCUT2D eigenvalue weighted by Crippen LogP contribution is -2.66. The SMILES string of the molecule is CCSC(N)C(=O)NC(OC(C)=O)C1=C(C(=O)O)N2C(=O)[C@H](OC)[C@H]2SC1. The van der Waals surface area contributed by atoms with E-state index in [1.165, 1.54) is 30.6 Å². The molecule has 2 rings (SSSR count). The Morgan fingerprint density at radius 1 is 1.48 bits per heavy atom. The maximum absolute atomic E-state index is 12.2. The third-order valence-electron chi connectivity index (χ3n) is 3.88. The van der Waals surface area contributed by atoms with E-state index in [9.17, 15) is 24.3 Å². The zero-order chi connectivity index (χ0) is 20.3. The molecule has 27 heavy (non-hydrogen) atoms. The van der Waals surface area contributed by atoms with Gasteiger partial charge in [0, 0.05) is 25.4 Å². The minimum atomic E-state index is -1.36. The van der Waals surface area contributed by atoms with E-state index in [1.54, 1.807) is 0 Å². The molecular weight excluding hydrogens is 398 g/mol. The van der Waals surface area contributed by atoms with E-state index >= 15 is 0 Å². The zero-order valence-corrected chi connectivity index (χ0v) is 16.6. The van der Waals surface area contributed by atoms with Crippen LogP contribution in [0, 0.1) is 0 Å². The fourth-order valence-corrected chi connectivity index (χ4v) is 4.69. The maximum Gasteiger partial charge on any atom is 0.352 e. The van der Waals surface area contributed by atoms with Crippen LogP contribution in [0.2, 0.25) is 0 Å². The number of ether oxygens (including phenoxy) is 2. The summed E-state index contributed by atoms with van der Waals surface area (Å²) in [6, 6.07) is 0. The number of hydrogen-bond donors (Lipinski definition) is 3. The van der Waals surface area contributed by atoms with Crippen molar-refractivity contribution in [2.24, 2.45) is 5.73 Å². The van der Waals surface area contributed by atoms with E-state index in [2.05, 4.69) is 5.32 Å². The first-order valence-electron chi connectivity index (χ1n) is 8.01. The van der Waals surface area contributed by atoms with Crippen molar-refractivity contribution in [3.8, 4) is 0 Å². The quantitative estimate of drug-likeness (QED) is 0.262. The molecule has 0 aromatic carbocycles. The predicted molar refractivity (Wildman–Crippen MR) is 98.4 cm³/mol. The molecule has 10 nitrogen and oxygen atoms in total. The van der Waals surface area contributed by atoms with Crippen LogP contribution in [0.25, 0.3) is 0 Å². The van der Waals surface area contributed by atoms with Crippen molar-refractivity contribution in [3.63, 3.8) is 0 Å². The Bertz CT molecular complexity index is 684. The van der Waals surface area contributed by atoms with E-state index in [-0.39, 0.29) is 17.0 Å². The molecule has 2 aliphatic heterocycles. The van der Waals surface area contributed by atoms with Crippen LogP contribution < -0.4 is 11.1 Å². The highest BCUT2D eigenvalue weighted by atomic mass is 32.2. The molecule has 1 fully saturated rings. The second-order valence-corrected chi connectivity index (χ2v) is 8.14. The number of fused-ring (bicyclic) bond motifs is 1. The standard InChI is InChI=1S/C15H21N3O7S2/c1-4-26-10(16)11(20)17-12(25-6(2)19)7-5-27-14-9(24-3)13(21)18(14)8(7)15(22)23/h9-10,12,14H,4-5,16H2,1-3H3,(H,17,20)(H,22,23)/t9-,10?,12?,14+/m0/s1. The number of β-lactam (4-membered cyclic amide) rings is 1. The van der Waals surface area contributed by atoms with E-state index in [0.29, 0.717) is 5.75 Å². The van der Waals surface area contributed by atoms with Gasteiger partial charge in [-0.1, -0.05) is 6.92 Å². The number of carbonyl (C=O) groups is 4. The Labute approximate surface area is 164 Å². The highest BCUT2D eigenvalue weighted by molar-refractivity contribution is 8.00. The monoisotopic (exact) mass is 419 g/mol. The molecule has 2 unspecified atom stereocenters. The molecule has 0 aromatic rings. The molecule has 0 saturated carbocycles. The van der Waals surface area contributed by atoms with Crippen LogP contribution in [0.1, 0.15) is 13.8 Å². The molecule has 12 heteroatoms. The number of carboxylic acid groups (broad SMARTS) is 1. The number of nitrogens with one attached hydrogen (secondary N) is 1. The predicted octanol–water partition coefficient (Wildman–Crippen LogP) is -0.701. The van der Waals surface area contributed by atoms with Gasteiger partial charge in [0.2, 0.25) is 12.1 Å². The molecule has 1 saturated heterocycles. The molecule has 0 radical (unpaired) electrons. The molecule has 4 N–H and O–H groups in total. The van der Waals surface area contributed by atoms with Crippen molar-refractivity contribution in [2.45, 2.75) is 36.9 Å². The number of thioether (sulfide) groups is 2. The van der Waals surface area contributed by atoms with Gasteiger partial charge in [-0.05, 0) is 5.75 Å². The van der Waals surface area contributed by atoms with Gasteiger partial charge in [0.15, 0.2) is 6.10 Å². The molecule has 150 valence electrons. The minimum Gasteiger partial charge on any atom is -0.477 e. The van der Waals surface area contributed by atoms with Crippen LogP contribution >= 0.6 is 23.5 Å². The normalized spacial score (nSPS) is 23.9. The van der Waals surface area contributed by atoms with Gasteiger partial charge in [0.1, 0.15) is 16.4 Å². The van der Waals surface area contributed by atoms with Gasteiger partial charge >= 0.3 is 11.9 Å². The fraction of sp³-hybridized carbons (Fsp3) is 0.600. The number of esters is 1. The number of amides is 2. The molecule has 4 atom stereocenters. The smallest absolute Gasteiger partial charge is 0.352 e. The van der Waals surface area contributed by atoms with Crippen LogP contribution in [0.5, 0.6) is 0 Å². The Morgan fingerprint density at radius 2 is 2.15 bits per heavy atom. The van der Waals surface area contributed by atoms with Crippen molar-refractivity contribution in [1.82, 2.24) is 10.2 Å². The van der Waals surface area contributed by atoms with Crippen molar-refractivity contribution in [3.05, 3.63) is 11.3 Å². The summed E-state index contributed by atoms with van der Waals surface area (Å²) in [6.07, 6.45) is -2.07. The van der Waals surface area contributed by atoms with Crippen molar-refractivity contribution in [2.75, 3.05) is 18.6 Å². The average Bonchev–Trinajstić information content (AvgIpc) is 2.59. The molecule has 2 amide bonds. The Kier molecular flexibility index (Phi) is 7.14. The summed E-state index contributed by atoms with van der Waals surface area (Å²) in [7, 11) is 1.37. The summed E-state index contributed by atoms with van der Waals surface area (Å²) in [5.41, 5.74) is 5.52. The number of nitrogens with zero attached hydrogens (tertiary/aromatic N) is 1. The van der Waals surface area contributed by atoms with Gasteiger partial charge in [-0.3, -0.25) is 19.3 Å². The second kappa shape index (κ2) is 8.95. The third-order valence-corrected chi connectivity index (χ3v) is 6.07. The summed E-state index contributed by atoms with van der Waals surface area (Å²) in [4.78, 5) is 48.9. The number of nitrogens with two attached hydrogens (primary N) is 1. The maximum atomic E-state index is 12.2. The first kappa shape index (κ1) is 21.5. The largest absolute Gasteiger partial charge is 0.477 e. The minimum absolute atomic E-state index is 0.101. The van der Waals surface area contributed by atoms with Crippen LogP contribution in [0.4, 0.5) is 0 Å². The average molecular weight is 419 g/mol. The lowest BCUT2D eigenvalue weighted by molar-refractivity contribution is -0.162. The molecule has 2 heterocycles. The van der Waals surface area contributed by atoms with E-state index < -0.39 is 46.8 Å². The Morgan fingerprint density at radius 3 is 2.67 bits per heavy atom. The Balaban J connectivity index is 2.35. The number of rotatable bonds is 8. The molecule has 0 spiro atoms. The number of carbonyl (C=O) groups excluding carboxylic acids is 3. The molecule has 0 bridgehead atoms. The van der Waals surface area contributed by atoms with E-state index in [1.807, 2.05) is 6.92 Å². The van der Waals surface area contributed by atoms with Crippen LogP contribution in [-0.2, 0) is 28.7 Å². The summed E-state index contributed by atoms with van der Waals surface area (Å²) >= 11 is 2.44. The Hall–Kier alpha value is -1.76. The fourth-order valence-electron chi connectivity index (χ4n) is 2.71. The summed E-state index contributed by atoms with van der Waals surface area (Å²) in [5, 5.41) is 10.7. The first-order valence-corrected chi connectivity index (χ1v) is 10.1. The third kappa shape index (κ3) is 4.39. The second-order valence-electron chi connectivity index (χ2n) is 5.62. The summed E-state index contributed by atoms with van der Waals surface area (Å²) in [5.74, 6) is -2.47. The van der Waals surface area contributed by atoms with Gasteiger partial charge in [-0.2, -0.15) is 0 Å². The van der Waals surface area contributed by atoms with Gasteiger partial charge in [-0.15, -0.1) is 23.5 Å². The van der Waals surface area contributed by atoms with Crippen molar-refractivity contribution >= 4 is 47.3 Å². The topological polar surface area (TPSA) is 148 Å². The van der Waals surface area contributed by atoms with Crippen LogP contribution in [-0.4, -0.2) is 75.5 Å². The van der Waals surface area contributed by atoms with Crippen molar-refractivity contribution in [1.29, 1.82) is 0 Å². The molecule has 0 aromatic heterocycles. The van der Waals surface area contributed by atoms with Gasteiger partial charge in [0.25, 0.3) is 5.91 Å². The highest BCUT2D eigenvalue weighted by Gasteiger charge is 2.55. The molecular formula is C15H21N3O7S2. The molecule has 2 aliphatic rings. The lowest BCUT2D eigenvalue weighted by Gasteiger charge is -2.49. The van der Waals surface area contributed by atoms with E-state index in [0.717, 1.165) is 11.8 Å².